The molecule has 20 heavy (non-hydrogen) atoms. The molecule has 0 aliphatic heterocycles. The third kappa shape index (κ3) is 2.07. The van der Waals surface area contributed by atoms with Crippen molar-refractivity contribution in [1.29, 1.82) is 0 Å². The molecule has 4 fully saturated rings. The van der Waals surface area contributed by atoms with E-state index in [9.17, 15) is 4.79 Å². The monoisotopic (exact) mass is 291 g/mol. The molecule has 108 valence electrons. The highest BCUT2D eigenvalue weighted by Crippen LogP contribution is 2.55. The van der Waals surface area contributed by atoms with E-state index in [0.29, 0.717) is 12.2 Å². The van der Waals surface area contributed by atoms with Gasteiger partial charge >= 0.3 is 0 Å². The Balaban J connectivity index is 1.52. The molecule has 4 saturated carbocycles. The second-order valence-electron chi connectivity index (χ2n) is 6.98. The molecule has 1 aromatic rings. The van der Waals surface area contributed by atoms with Gasteiger partial charge in [0.1, 0.15) is 10.7 Å². The molecule has 4 aliphatic carbocycles. The van der Waals surface area contributed by atoms with Crippen LogP contribution in [-0.2, 0) is 6.54 Å². The highest BCUT2D eigenvalue weighted by molar-refractivity contribution is 7.09. The SMILES string of the molecule is NCc1nc(C(=O)NC23CC4CC(CC(C4)C2)C3)cs1. The molecule has 0 spiro atoms. The zero-order valence-electron chi connectivity index (χ0n) is 11.6. The standard InChI is InChI=1S/C15H21N3OS/c16-7-13-17-12(8-20-13)14(19)18-15-4-9-1-10(5-15)3-11(2-9)6-15/h8-11H,1-7,16H2,(H,18,19). The van der Waals surface area contributed by atoms with Gasteiger partial charge < -0.3 is 11.1 Å². The predicted octanol–water partition coefficient (Wildman–Crippen LogP) is 2.30. The van der Waals surface area contributed by atoms with Crippen molar-refractivity contribution < 1.29 is 4.79 Å². The summed E-state index contributed by atoms with van der Waals surface area (Å²) in [5, 5.41) is 6.01. The molecular weight excluding hydrogens is 270 g/mol. The fourth-order valence-electron chi connectivity index (χ4n) is 5.08. The summed E-state index contributed by atoms with van der Waals surface area (Å²) in [6.45, 7) is 0.412. The number of carbonyl (C=O) groups excluding carboxylic acids is 1. The Morgan fingerprint density at radius 3 is 2.40 bits per heavy atom. The van der Waals surface area contributed by atoms with Crippen molar-refractivity contribution in [2.24, 2.45) is 23.5 Å². The summed E-state index contributed by atoms with van der Waals surface area (Å²) in [7, 11) is 0. The van der Waals surface area contributed by atoms with Crippen molar-refractivity contribution in [2.45, 2.75) is 50.6 Å². The smallest absolute Gasteiger partial charge is 0.271 e. The maximum Gasteiger partial charge on any atom is 0.271 e. The molecule has 0 atom stereocenters. The molecule has 0 radical (unpaired) electrons. The quantitative estimate of drug-likeness (QED) is 0.898. The topological polar surface area (TPSA) is 68.0 Å². The van der Waals surface area contributed by atoms with E-state index in [1.54, 1.807) is 0 Å². The van der Waals surface area contributed by atoms with Crippen LogP contribution in [0.3, 0.4) is 0 Å². The normalized spacial score (nSPS) is 38.1. The minimum absolute atomic E-state index is 0.00269. The van der Waals surface area contributed by atoms with Crippen molar-refractivity contribution >= 4 is 17.2 Å². The maximum absolute atomic E-state index is 12.5. The van der Waals surface area contributed by atoms with Crippen molar-refractivity contribution in [1.82, 2.24) is 10.3 Å². The molecule has 1 aromatic heterocycles. The number of hydrogen-bond donors (Lipinski definition) is 2. The van der Waals surface area contributed by atoms with Crippen molar-refractivity contribution in [3.05, 3.63) is 16.1 Å². The van der Waals surface area contributed by atoms with Crippen LogP contribution in [0.4, 0.5) is 0 Å². The van der Waals surface area contributed by atoms with Crippen molar-refractivity contribution in [2.75, 3.05) is 0 Å². The lowest BCUT2D eigenvalue weighted by Gasteiger charge is -2.56. The Kier molecular flexibility index (Phi) is 2.89. The Morgan fingerprint density at radius 1 is 1.30 bits per heavy atom. The molecule has 0 aromatic carbocycles. The van der Waals surface area contributed by atoms with Gasteiger partial charge in [0.2, 0.25) is 0 Å². The van der Waals surface area contributed by atoms with Gasteiger partial charge in [-0.2, -0.15) is 0 Å². The van der Waals surface area contributed by atoms with Gasteiger partial charge in [-0.1, -0.05) is 0 Å². The lowest BCUT2D eigenvalue weighted by molar-refractivity contribution is -0.0167. The number of amides is 1. The molecule has 1 heterocycles. The molecule has 4 bridgehead atoms. The fraction of sp³-hybridized carbons (Fsp3) is 0.733. The van der Waals surface area contributed by atoms with E-state index in [2.05, 4.69) is 10.3 Å². The summed E-state index contributed by atoms with van der Waals surface area (Å²) >= 11 is 1.47. The van der Waals surface area contributed by atoms with E-state index in [1.807, 2.05) is 5.38 Å². The second kappa shape index (κ2) is 4.53. The van der Waals surface area contributed by atoms with E-state index in [4.69, 9.17) is 5.73 Å². The average Bonchev–Trinajstić information content (AvgIpc) is 2.85. The highest BCUT2D eigenvalue weighted by Gasteiger charge is 2.51. The predicted molar refractivity (Wildman–Crippen MR) is 78.4 cm³/mol. The van der Waals surface area contributed by atoms with Gasteiger partial charge in [-0.3, -0.25) is 4.79 Å². The van der Waals surface area contributed by atoms with Crippen LogP contribution >= 0.6 is 11.3 Å². The summed E-state index contributed by atoms with van der Waals surface area (Å²) in [6.07, 6.45) is 7.71. The lowest BCUT2D eigenvalue weighted by atomic mass is 9.53. The van der Waals surface area contributed by atoms with Gasteiger partial charge in [0.25, 0.3) is 5.91 Å². The zero-order valence-corrected chi connectivity index (χ0v) is 12.4. The fourth-order valence-corrected chi connectivity index (χ4v) is 5.73. The molecule has 5 rings (SSSR count). The van der Waals surface area contributed by atoms with Gasteiger partial charge in [0.15, 0.2) is 0 Å². The number of nitrogens with zero attached hydrogens (tertiary/aromatic N) is 1. The van der Waals surface area contributed by atoms with Crippen LogP contribution in [0.1, 0.15) is 54.0 Å². The average molecular weight is 291 g/mol. The summed E-state index contributed by atoms with van der Waals surface area (Å²) in [4.78, 5) is 16.8. The summed E-state index contributed by atoms with van der Waals surface area (Å²) < 4.78 is 0. The minimum Gasteiger partial charge on any atom is -0.345 e. The van der Waals surface area contributed by atoms with Crippen molar-refractivity contribution in [3.8, 4) is 0 Å². The number of thiazole rings is 1. The van der Waals surface area contributed by atoms with E-state index in [0.717, 1.165) is 22.8 Å². The first kappa shape index (κ1) is 12.8. The Bertz CT molecular complexity index is 504. The molecule has 0 saturated heterocycles. The number of aromatic nitrogens is 1. The van der Waals surface area contributed by atoms with Crippen LogP contribution in [0, 0.1) is 17.8 Å². The van der Waals surface area contributed by atoms with Crippen LogP contribution in [-0.4, -0.2) is 16.4 Å². The first-order valence-corrected chi connectivity index (χ1v) is 8.51. The Hall–Kier alpha value is -0.940. The van der Waals surface area contributed by atoms with Crippen molar-refractivity contribution in [3.63, 3.8) is 0 Å². The highest BCUT2D eigenvalue weighted by atomic mass is 32.1. The van der Waals surface area contributed by atoms with Crippen LogP contribution in [0.5, 0.6) is 0 Å². The van der Waals surface area contributed by atoms with E-state index in [-0.39, 0.29) is 11.4 Å². The molecular formula is C15H21N3OS. The van der Waals surface area contributed by atoms with Gasteiger partial charge in [-0.15, -0.1) is 11.3 Å². The summed E-state index contributed by atoms with van der Waals surface area (Å²) in [5.41, 5.74) is 6.18. The van der Waals surface area contributed by atoms with Gasteiger partial charge in [-0.05, 0) is 56.3 Å². The first-order valence-electron chi connectivity index (χ1n) is 7.63. The Morgan fingerprint density at radius 2 is 1.90 bits per heavy atom. The third-order valence-corrected chi connectivity index (χ3v) is 6.25. The van der Waals surface area contributed by atoms with E-state index in [1.165, 1.54) is 49.9 Å². The van der Waals surface area contributed by atoms with Gasteiger partial charge in [-0.25, -0.2) is 4.98 Å². The van der Waals surface area contributed by atoms with Gasteiger partial charge in [0.05, 0.1) is 0 Å². The lowest BCUT2D eigenvalue weighted by Crippen LogP contribution is -2.59. The van der Waals surface area contributed by atoms with Crippen LogP contribution in [0.25, 0.3) is 0 Å². The number of carbonyl (C=O) groups is 1. The number of nitrogens with two attached hydrogens (primary N) is 1. The maximum atomic E-state index is 12.5. The number of hydrogen-bond acceptors (Lipinski definition) is 4. The van der Waals surface area contributed by atoms with E-state index >= 15 is 0 Å². The number of nitrogens with one attached hydrogen (secondary N) is 1. The largest absolute Gasteiger partial charge is 0.345 e. The number of rotatable bonds is 3. The summed E-state index contributed by atoms with van der Waals surface area (Å²) in [6, 6.07) is 0. The molecule has 4 nitrogen and oxygen atoms in total. The minimum atomic E-state index is 0.00269. The molecule has 3 N–H and O–H groups in total. The van der Waals surface area contributed by atoms with Crippen LogP contribution < -0.4 is 11.1 Å². The zero-order chi connectivity index (χ0) is 13.7. The first-order chi connectivity index (χ1) is 9.66. The second-order valence-corrected chi connectivity index (χ2v) is 7.93. The molecule has 4 aliphatic rings. The van der Waals surface area contributed by atoms with E-state index < -0.39 is 0 Å². The third-order valence-electron chi connectivity index (χ3n) is 5.38. The Labute approximate surface area is 123 Å². The van der Waals surface area contributed by atoms with Gasteiger partial charge in [0, 0.05) is 17.5 Å². The summed E-state index contributed by atoms with van der Waals surface area (Å²) in [5.74, 6) is 2.53. The van der Waals surface area contributed by atoms with Crippen LogP contribution in [0.15, 0.2) is 5.38 Å². The molecule has 1 amide bonds. The molecule has 5 heteroatoms. The van der Waals surface area contributed by atoms with Crippen LogP contribution in [0.2, 0.25) is 0 Å². The molecule has 0 unspecified atom stereocenters.